The van der Waals surface area contributed by atoms with E-state index in [2.05, 4.69) is 10.3 Å². The largest absolute Gasteiger partial charge is 0.483 e. The highest BCUT2D eigenvalue weighted by Crippen LogP contribution is 2.44. The molecule has 0 amide bonds. The maximum absolute atomic E-state index is 14.8. The Morgan fingerprint density at radius 2 is 1.62 bits per heavy atom. The highest BCUT2D eigenvalue weighted by molar-refractivity contribution is 7.89. The molecular weight excluding hydrogens is 958 g/mol. The molecule has 0 unspecified atom stereocenters. The Hall–Kier alpha value is -2.90. The number of carbonyl (C=O) groups excluding carboxylic acids is 1. The second-order valence-electron chi connectivity index (χ2n) is 21.6. The van der Waals surface area contributed by atoms with E-state index in [0.29, 0.717) is 13.1 Å². The molecule has 4 heterocycles. The molecule has 18 atom stereocenters. The Balaban J connectivity index is 1.68. The number of halogens is 1. The number of rotatable bonds is 15. The van der Waals surface area contributed by atoms with Crippen molar-refractivity contribution in [3.63, 3.8) is 0 Å². The summed E-state index contributed by atoms with van der Waals surface area (Å²) in [6.07, 6.45) is -6.28. The lowest BCUT2D eigenvalue weighted by Crippen LogP contribution is -2.70. The van der Waals surface area contributed by atoms with Crippen LogP contribution in [0.3, 0.4) is 0 Å². The van der Waals surface area contributed by atoms with Gasteiger partial charge in [0.15, 0.2) is 18.7 Å². The molecule has 0 saturated carbocycles. The number of likely N-dealkylation sites (N-methyl/N-ethyl adjacent to an activating group) is 2. The summed E-state index contributed by atoms with van der Waals surface area (Å²) in [5.74, 6) is -3.56. The van der Waals surface area contributed by atoms with Crippen molar-refractivity contribution in [3.8, 4) is 5.75 Å². The highest BCUT2D eigenvalue weighted by atomic mass is 32.2. The van der Waals surface area contributed by atoms with Gasteiger partial charge in [-0.2, -0.15) is 4.31 Å². The average Bonchev–Trinajstić information content (AvgIpc) is 3.76. The van der Waals surface area contributed by atoms with E-state index >= 15 is 0 Å². The van der Waals surface area contributed by atoms with Gasteiger partial charge in [0.05, 0.1) is 42.0 Å². The zero-order valence-electron chi connectivity index (χ0n) is 45.2. The normalized spacial score (nSPS) is 40.3. The van der Waals surface area contributed by atoms with E-state index in [1.54, 1.807) is 69.5 Å². The topological polar surface area (TPSA) is 233 Å². The fourth-order valence-electron chi connectivity index (χ4n) is 11.1. The molecule has 3 fully saturated rings. The Morgan fingerprint density at radius 1 is 0.972 bits per heavy atom. The number of cyclic esters (lactones) is 1. The minimum atomic E-state index is -4.29. The smallest absolute Gasteiger partial charge is 0.311 e. The number of aliphatic hydroxyl groups is 4. The summed E-state index contributed by atoms with van der Waals surface area (Å²) in [6.45, 7) is 20.3. The van der Waals surface area contributed by atoms with Gasteiger partial charge in [-0.1, -0.05) is 27.7 Å². The number of benzene rings is 1. The van der Waals surface area contributed by atoms with Crippen LogP contribution < -0.4 is 10.1 Å². The van der Waals surface area contributed by atoms with Crippen LogP contribution in [0.25, 0.3) is 0 Å². The molecule has 0 bridgehead atoms. The second kappa shape index (κ2) is 24.0. The Labute approximate surface area is 427 Å². The van der Waals surface area contributed by atoms with Crippen molar-refractivity contribution in [3.05, 3.63) is 42.5 Å². The Morgan fingerprint density at radius 3 is 2.21 bits per heavy atom. The van der Waals surface area contributed by atoms with Crippen molar-refractivity contribution in [2.75, 3.05) is 40.8 Å². The van der Waals surface area contributed by atoms with Crippen LogP contribution in [0.1, 0.15) is 108 Å². The first-order valence-electron chi connectivity index (χ1n) is 25.5. The SMILES string of the molecule is CCCNC[C@]1(O)[C@H](C)O[C@@H](O[C@H]2[C@H](C)[C@@H](O[C@@H]3O[C@H](C)C[C@H](N(C)S(=O)(=O)c4nccn4C)[C@H]3Oc3ccc(F)cc3)[C@](C)(O)C[C@@H](C)CN(C)[C@H](C)[C@@H](O)[C@](C)(O)[C@@H](CC)OC(=O)[C@@H]2C)C[C@@]1(C)OC. The summed E-state index contributed by atoms with van der Waals surface area (Å²) in [6, 6.07) is 3.61. The van der Waals surface area contributed by atoms with E-state index in [4.69, 9.17) is 33.2 Å². The zero-order valence-corrected chi connectivity index (χ0v) is 46.0. The average molecular weight is 1040 g/mol. The number of hydrogen-bond donors (Lipinski definition) is 5. The lowest BCUT2D eigenvalue weighted by atomic mass is 9.75. The van der Waals surface area contributed by atoms with Crippen molar-refractivity contribution in [2.45, 2.75) is 203 Å². The van der Waals surface area contributed by atoms with Crippen LogP contribution in [0.2, 0.25) is 0 Å². The molecule has 0 aliphatic carbocycles. The molecule has 3 aliphatic heterocycles. The molecule has 19 nitrogen and oxygen atoms in total. The minimum absolute atomic E-state index is 0.000118. The number of hydrogen-bond acceptors (Lipinski definition) is 17. The third kappa shape index (κ3) is 12.8. The molecule has 3 aliphatic rings. The standard InChI is InChI=1S/C51H86FN5O14S/c1-16-22-53-29-51(62)35(8)67-40(27-49(51,10)65-15)70-41-32(5)44(48(9,60)26-30(3)28-56(13)34(7)43(58)50(11,61)39(17-2)69-45(59)33(41)6)71-46-42(68-37-20-18-36(52)19-21-37)38(25-31(4)66-46)57(14)72(63,64)47-54-23-24-55(47)12/h18-21,23-24,30-35,38-44,46,53,58,60-62H,16-17,22,25-29H2,1-15H3/t30-,31-,32+,33-,34-,35+,38+,39-,40+,41+,42-,43-,44-,46+,48-,49-,50-,51+/m1/s1. The first kappa shape index (κ1) is 60.0. The van der Waals surface area contributed by atoms with Gasteiger partial charge in [0.2, 0.25) is 5.16 Å². The molecule has 72 heavy (non-hydrogen) atoms. The third-order valence-corrected chi connectivity index (χ3v) is 17.6. The van der Waals surface area contributed by atoms with Gasteiger partial charge in [0.25, 0.3) is 10.0 Å². The number of nitrogens with one attached hydrogen (secondary N) is 1. The third-order valence-electron chi connectivity index (χ3n) is 15.8. The number of carbonyl (C=O) groups is 1. The quantitative estimate of drug-likeness (QED) is 0.125. The summed E-state index contributed by atoms with van der Waals surface area (Å²) in [4.78, 5) is 20.8. The number of aromatic nitrogens is 2. The van der Waals surface area contributed by atoms with Crippen LogP contribution in [0, 0.1) is 23.6 Å². The summed E-state index contributed by atoms with van der Waals surface area (Å²) < 4.78 is 91.7. The van der Waals surface area contributed by atoms with E-state index < -0.39 is 123 Å². The molecule has 3 saturated heterocycles. The summed E-state index contributed by atoms with van der Waals surface area (Å²) >= 11 is 0. The van der Waals surface area contributed by atoms with Gasteiger partial charge in [-0.05, 0) is 118 Å². The van der Waals surface area contributed by atoms with Crippen molar-refractivity contribution in [2.24, 2.45) is 24.8 Å². The maximum atomic E-state index is 14.8. The first-order chi connectivity index (χ1) is 33.5. The predicted molar refractivity (Wildman–Crippen MR) is 266 cm³/mol. The van der Waals surface area contributed by atoms with Crippen LogP contribution >= 0.6 is 0 Å². The van der Waals surface area contributed by atoms with Gasteiger partial charge in [-0.25, -0.2) is 17.8 Å². The second-order valence-corrected chi connectivity index (χ2v) is 23.5. The van der Waals surface area contributed by atoms with E-state index in [-0.39, 0.29) is 49.1 Å². The van der Waals surface area contributed by atoms with E-state index in [0.717, 1.165) is 6.42 Å². The van der Waals surface area contributed by atoms with Crippen molar-refractivity contribution in [1.82, 2.24) is 24.1 Å². The van der Waals surface area contributed by atoms with Crippen molar-refractivity contribution < 1.29 is 71.2 Å². The molecule has 2 aromatic rings. The highest BCUT2D eigenvalue weighted by Gasteiger charge is 2.59. The van der Waals surface area contributed by atoms with E-state index in [9.17, 15) is 38.0 Å². The van der Waals surface area contributed by atoms with Gasteiger partial charge in [0, 0.05) is 65.1 Å². The van der Waals surface area contributed by atoms with Crippen LogP contribution in [-0.4, -0.2) is 184 Å². The molecule has 0 radical (unpaired) electrons. The Bertz CT molecular complexity index is 2170. The number of nitrogens with zero attached hydrogens (tertiary/aromatic N) is 4. The fraction of sp³-hybridized carbons (Fsp3) is 0.804. The minimum Gasteiger partial charge on any atom is -0.483 e. The van der Waals surface area contributed by atoms with Crippen molar-refractivity contribution >= 4 is 16.0 Å². The summed E-state index contributed by atoms with van der Waals surface area (Å²) in [5, 5.41) is 52.2. The van der Waals surface area contributed by atoms with Gasteiger partial charge in [-0.3, -0.25) is 4.79 Å². The lowest BCUT2D eigenvalue weighted by Gasteiger charge is -2.53. The number of esters is 1. The summed E-state index contributed by atoms with van der Waals surface area (Å²) in [5.41, 5.74) is -6.45. The number of aryl methyl sites for hydroxylation is 1. The molecular formula is C51H86FN5O14S. The number of sulfonamides is 1. The number of imidazole rings is 1. The number of methoxy groups -OCH3 is 1. The molecule has 1 aromatic heterocycles. The number of ether oxygens (including phenoxy) is 7. The maximum Gasteiger partial charge on any atom is 0.311 e. The van der Waals surface area contributed by atoms with Gasteiger partial charge >= 0.3 is 5.97 Å². The summed E-state index contributed by atoms with van der Waals surface area (Å²) in [7, 11) is 2.00. The lowest BCUT2D eigenvalue weighted by molar-refractivity contribution is -0.335. The molecule has 0 spiro atoms. The molecule has 412 valence electrons. The van der Waals surface area contributed by atoms with Gasteiger partial charge < -0.3 is 68.4 Å². The Kier molecular flexibility index (Phi) is 20.0. The molecule has 5 N–H and O–H groups in total. The van der Waals surface area contributed by atoms with Crippen LogP contribution in [0.15, 0.2) is 41.8 Å². The van der Waals surface area contributed by atoms with Gasteiger partial charge in [-0.15, -0.1) is 0 Å². The van der Waals surface area contributed by atoms with Crippen LogP contribution in [0.4, 0.5) is 4.39 Å². The molecule has 1 aromatic carbocycles. The van der Waals surface area contributed by atoms with Crippen LogP contribution in [0.5, 0.6) is 5.75 Å². The van der Waals surface area contributed by atoms with E-state index in [1.165, 1.54) is 66.6 Å². The van der Waals surface area contributed by atoms with E-state index in [1.807, 2.05) is 18.7 Å². The monoisotopic (exact) mass is 1040 g/mol. The zero-order chi connectivity index (χ0) is 53.9. The van der Waals surface area contributed by atoms with Crippen molar-refractivity contribution in [1.29, 1.82) is 0 Å². The fourth-order valence-corrected chi connectivity index (χ4v) is 12.6. The molecule has 5 rings (SSSR count). The molecule has 21 heteroatoms. The van der Waals surface area contributed by atoms with Gasteiger partial charge in [0.1, 0.15) is 40.6 Å². The van der Waals surface area contributed by atoms with Crippen LogP contribution in [-0.2, 0) is 50.3 Å². The first-order valence-corrected chi connectivity index (χ1v) is 26.9. The number of aliphatic hydroxyl groups excluding tert-OH is 1. The predicted octanol–water partition coefficient (Wildman–Crippen LogP) is 3.99.